The highest BCUT2D eigenvalue weighted by molar-refractivity contribution is 5.84. The largest absolute Gasteiger partial charge is 0.326 e. The van der Waals surface area contributed by atoms with E-state index in [1.807, 2.05) is 6.21 Å². The summed E-state index contributed by atoms with van der Waals surface area (Å²) in [5, 5.41) is 0. The third-order valence-electron chi connectivity index (χ3n) is 1.07. The highest BCUT2D eigenvalue weighted by Crippen LogP contribution is 1.88. The summed E-state index contributed by atoms with van der Waals surface area (Å²) in [6.07, 6.45) is 6.67. The molecule has 0 aromatic rings. The average molecular weight is 109 g/mol. The van der Waals surface area contributed by atoms with Crippen molar-refractivity contribution in [1.82, 2.24) is 4.67 Å². The molecule has 0 atom stereocenters. The highest BCUT2D eigenvalue weighted by atomic mass is 14.6. The van der Waals surface area contributed by atoms with E-state index < -0.39 is 0 Å². The summed E-state index contributed by atoms with van der Waals surface area (Å²) >= 11 is 0. The van der Waals surface area contributed by atoms with Crippen molar-refractivity contribution >= 4 is 12.4 Å². The summed E-state index contributed by atoms with van der Waals surface area (Å²) < 4.78 is 3.93. The predicted molar refractivity (Wildman–Crippen MR) is 36.0 cm³/mol. The summed E-state index contributed by atoms with van der Waals surface area (Å²) in [6, 6.07) is 0. The van der Waals surface area contributed by atoms with E-state index in [0.717, 1.165) is 12.0 Å². The molecule has 0 unspecified atom stereocenters. The molecule has 42 valence electrons. The van der Waals surface area contributed by atoms with Crippen molar-refractivity contribution in [2.45, 2.75) is 6.42 Å². The van der Waals surface area contributed by atoms with Crippen LogP contribution in [-0.4, -0.2) is 19.0 Å². The first-order valence-electron chi connectivity index (χ1n) is 2.67. The molecule has 0 saturated heterocycles. The molecule has 0 aliphatic carbocycles. The van der Waals surface area contributed by atoms with Gasteiger partial charge in [0, 0.05) is 12.1 Å². The second kappa shape index (κ2) is 2.46. The number of rotatable bonds is 1. The first-order chi connectivity index (χ1) is 3.93. The Bertz CT molecular complexity index is 161. The summed E-state index contributed by atoms with van der Waals surface area (Å²) in [5.41, 5.74) is 6.46. The number of hydrogen-bond donors (Lipinski definition) is 1. The lowest BCUT2D eigenvalue weighted by atomic mass is 10.2. The molecule has 1 aliphatic rings. The van der Waals surface area contributed by atoms with E-state index in [1.54, 1.807) is 6.21 Å². The van der Waals surface area contributed by atoms with Gasteiger partial charge in [0.2, 0.25) is 0 Å². The monoisotopic (exact) mass is 109 g/mol. The number of hydrogen-bond acceptors (Lipinski definition) is 1. The molecule has 0 saturated carbocycles. The average Bonchev–Trinajstić information content (AvgIpc) is 1.90. The zero-order valence-electron chi connectivity index (χ0n) is 4.67. The minimum atomic E-state index is 0.608. The first kappa shape index (κ1) is 5.29. The van der Waals surface area contributed by atoms with Crippen molar-refractivity contribution < 1.29 is 0 Å². The van der Waals surface area contributed by atoms with Gasteiger partial charge in [0.05, 0.1) is 6.42 Å². The lowest BCUT2D eigenvalue weighted by Crippen LogP contribution is -2.07. The first-order valence-corrected chi connectivity index (χ1v) is 2.67. The number of allylic oxidation sites excluding steroid dienone is 1. The van der Waals surface area contributed by atoms with Gasteiger partial charge in [-0.1, -0.05) is 6.08 Å². The van der Waals surface area contributed by atoms with Crippen LogP contribution in [0.2, 0.25) is 0 Å². The predicted octanol–water partition coefficient (Wildman–Crippen LogP) is -0.516. The molecular weight excluding hydrogens is 100 g/mol. The zero-order chi connectivity index (χ0) is 5.82. The minimum Gasteiger partial charge on any atom is -0.326 e. The van der Waals surface area contributed by atoms with Crippen molar-refractivity contribution in [3.8, 4) is 0 Å². The molecule has 8 heavy (non-hydrogen) atoms. The van der Waals surface area contributed by atoms with Gasteiger partial charge in [-0.3, -0.25) is 0 Å². The van der Waals surface area contributed by atoms with Crippen LogP contribution < -0.4 is 10.4 Å². The van der Waals surface area contributed by atoms with Crippen molar-refractivity contribution in [1.29, 1.82) is 0 Å². The topological polar surface area (TPSA) is 40.1 Å². The Morgan fingerprint density at radius 3 is 3.00 bits per heavy atom. The molecule has 0 radical (unpaired) electrons. The van der Waals surface area contributed by atoms with Crippen LogP contribution in [0.15, 0.2) is 11.6 Å². The molecule has 2 nitrogen and oxygen atoms in total. The van der Waals surface area contributed by atoms with E-state index in [2.05, 4.69) is 10.7 Å². The molecule has 0 aromatic heterocycles. The van der Waals surface area contributed by atoms with Gasteiger partial charge in [0.1, 0.15) is 0 Å². The molecule has 0 bridgehead atoms. The van der Waals surface area contributed by atoms with E-state index >= 15 is 0 Å². The molecule has 1 aliphatic heterocycles. The Morgan fingerprint density at radius 2 is 2.62 bits per heavy atom. The Morgan fingerprint density at radius 1 is 1.75 bits per heavy atom. The standard InChI is InChI=1S/C6H9N2/c7-4-6-2-1-3-8-5-6/h2-3,5H,1,4,7H2/q+1. The van der Waals surface area contributed by atoms with Gasteiger partial charge in [-0.05, 0) is 0 Å². The third kappa shape index (κ3) is 1.06. The van der Waals surface area contributed by atoms with Gasteiger partial charge in [0.15, 0.2) is 0 Å². The fourth-order valence-electron chi connectivity index (χ4n) is 0.602. The van der Waals surface area contributed by atoms with Crippen LogP contribution in [0.3, 0.4) is 0 Å². The second-order valence-electron chi connectivity index (χ2n) is 1.68. The third-order valence-corrected chi connectivity index (χ3v) is 1.07. The van der Waals surface area contributed by atoms with E-state index in [-0.39, 0.29) is 0 Å². The molecule has 2 N–H and O–H groups in total. The molecule has 0 amide bonds. The summed E-state index contributed by atoms with van der Waals surface area (Å²) in [7, 11) is 0. The fourth-order valence-corrected chi connectivity index (χ4v) is 0.602. The lowest BCUT2D eigenvalue weighted by Gasteiger charge is -1.86. The molecule has 0 fully saturated rings. The Labute approximate surface area is 48.4 Å². The van der Waals surface area contributed by atoms with Gasteiger partial charge < -0.3 is 5.73 Å². The van der Waals surface area contributed by atoms with Crippen LogP contribution >= 0.6 is 0 Å². The Balaban J connectivity index is 2.68. The van der Waals surface area contributed by atoms with E-state index in [9.17, 15) is 0 Å². The highest BCUT2D eigenvalue weighted by Gasteiger charge is 1.98. The van der Waals surface area contributed by atoms with Crippen molar-refractivity contribution in [2.24, 2.45) is 5.73 Å². The molecule has 1 rings (SSSR count). The number of nitrogens with zero attached hydrogens (tertiary/aromatic N) is 1. The van der Waals surface area contributed by atoms with E-state index in [1.165, 1.54) is 0 Å². The van der Waals surface area contributed by atoms with Gasteiger partial charge in [-0.2, -0.15) is 0 Å². The maximum atomic E-state index is 5.33. The molecular formula is C6H9N2+. The summed E-state index contributed by atoms with van der Waals surface area (Å²) in [5.74, 6) is 0. The summed E-state index contributed by atoms with van der Waals surface area (Å²) in [6.45, 7) is 0.608. The quantitative estimate of drug-likeness (QED) is 0.452. The molecule has 0 spiro atoms. The normalized spacial score (nSPS) is 16.4. The second-order valence-corrected chi connectivity index (χ2v) is 1.68. The molecule has 2 heteroatoms. The van der Waals surface area contributed by atoms with Crippen LogP contribution in [0, 0.1) is 0 Å². The van der Waals surface area contributed by atoms with Crippen molar-refractivity contribution in [3.05, 3.63) is 11.6 Å². The van der Waals surface area contributed by atoms with Crippen molar-refractivity contribution in [2.75, 3.05) is 6.54 Å². The van der Waals surface area contributed by atoms with Crippen molar-refractivity contribution in [3.63, 3.8) is 0 Å². The Hall–Kier alpha value is -0.850. The van der Waals surface area contributed by atoms with Gasteiger partial charge in [-0.25, -0.2) is 0 Å². The SMILES string of the molecule is NCC1=CCC=[N+]=C1. The maximum absolute atomic E-state index is 5.33. The van der Waals surface area contributed by atoms with Gasteiger partial charge >= 0.3 is 0 Å². The molecule has 1 heterocycles. The fraction of sp³-hybridized carbons (Fsp3) is 0.333. The number of nitrogens with two attached hydrogens (primary N) is 1. The maximum Gasteiger partial charge on any atom is 0.296 e. The van der Waals surface area contributed by atoms with E-state index in [0.29, 0.717) is 6.54 Å². The van der Waals surface area contributed by atoms with Crippen LogP contribution in [-0.2, 0) is 0 Å². The van der Waals surface area contributed by atoms with Crippen LogP contribution in [0.1, 0.15) is 6.42 Å². The summed E-state index contributed by atoms with van der Waals surface area (Å²) in [4.78, 5) is 0. The van der Waals surface area contributed by atoms with Crippen LogP contribution in [0.5, 0.6) is 0 Å². The minimum absolute atomic E-state index is 0.608. The Kier molecular flexibility index (Phi) is 1.62. The van der Waals surface area contributed by atoms with Crippen LogP contribution in [0.25, 0.3) is 0 Å². The molecule has 0 aromatic carbocycles. The zero-order valence-corrected chi connectivity index (χ0v) is 4.67. The van der Waals surface area contributed by atoms with Gasteiger partial charge in [-0.15, -0.1) is 4.67 Å². The van der Waals surface area contributed by atoms with E-state index in [4.69, 9.17) is 5.73 Å². The smallest absolute Gasteiger partial charge is 0.296 e. The van der Waals surface area contributed by atoms with Crippen LogP contribution in [0.4, 0.5) is 0 Å². The van der Waals surface area contributed by atoms with Gasteiger partial charge in [0.25, 0.3) is 12.4 Å². The lowest BCUT2D eigenvalue weighted by molar-refractivity contribution is 1.19.